The molecule has 1 aliphatic rings. The standard InChI is InChI=1S/C12H16N2O2/c1-12(5-2-6-12)14-10-4-3-8(11(15)16)7-9(10)13/h3-4,7,14H,2,5-6,13H2,1H3,(H,15,16). The SMILES string of the molecule is CC1(Nc2ccc(C(=O)O)cc2N)CCC1. The average molecular weight is 220 g/mol. The predicted octanol–water partition coefficient (Wildman–Crippen LogP) is 2.32. The molecule has 1 aliphatic carbocycles. The van der Waals surface area contributed by atoms with Crippen LogP contribution in [-0.2, 0) is 0 Å². The third-order valence-electron chi connectivity index (χ3n) is 3.19. The van der Waals surface area contributed by atoms with Crippen molar-refractivity contribution in [2.24, 2.45) is 0 Å². The monoisotopic (exact) mass is 220 g/mol. The Morgan fingerprint density at radius 3 is 2.62 bits per heavy atom. The Hall–Kier alpha value is -1.71. The molecule has 0 bridgehead atoms. The molecule has 4 N–H and O–H groups in total. The molecule has 4 heteroatoms. The molecule has 1 aromatic rings. The number of rotatable bonds is 3. The number of nitrogens with two attached hydrogens (primary N) is 1. The lowest BCUT2D eigenvalue weighted by Gasteiger charge is -2.40. The van der Waals surface area contributed by atoms with Crippen LogP contribution in [0.1, 0.15) is 36.5 Å². The van der Waals surface area contributed by atoms with Crippen LogP contribution >= 0.6 is 0 Å². The Morgan fingerprint density at radius 1 is 1.50 bits per heavy atom. The second-order valence-corrected chi connectivity index (χ2v) is 4.65. The molecule has 0 atom stereocenters. The zero-order valence-corrected chi connectivity index (χ0v) is 9.29. The van der Waals surface area contributed by atoms with Crippen molar-refractivity contribution >= 4 is 17.3 Å². The van der Waals surface area contributed by atoms with Crippen molar-refractivity contribution in [2.75, 3.05) is 11.1 Å². The molecule has 0 spiro atoms. The zero-order valence-electron chi connectivity index (χ0n) is 9.29. The van der Waals surface area contributed by atoms with Gasteiger partial charge in [0.25, 0.3) is 0 Å². The average Bonchev–Trinajstić information content (AvgIpc) is 2.18. The van der Waals surface area contributed by atoms with Crippen molar-refractivity contribution in [3.8, 4) is 0 Å². The third kappa shape index (κ3) is 1.96. The van der Waals surface area contributed by atoms with Gasteiger partial charge in [-0.1, -0.05) is 0 Å². The number of hydrogen-bond acceptors (Lipinski definition) is 3. The van der Waals surface area contributed by atoms with E-state index in [-0.39, 0.29) is 11.1 Å². The number of anilines is 2. The second-order valence-electron chi connectivity index (χ2n) is 4.65. The molecule has 0 radical (unpaired) electrons. The number of benzene rings is 1. The van der Waals surface area contributed by atoms with Crippen LogP contribution in [0.3, 0.4) is 0 Å². The zero-order chi connectivity index (χ0) is 11.8. The highest BCUT2D eigenvalue weighted by molar-refractivity contribution is 5.90. The molecule has 2 rings (SSSR count). The Morgan fingerprint density at radius 2 is 2.19 bits per heavy atom. The topological polar surface area (TPSA) is 75.3 Å². The minimum atomic E-state index is -0.951. The molecule has 0 aliphatic heterocycles. The van der Waals surface area contributed by atoms with Crippen molar-refractivity contribution in [3.63, 3.8) is 0 Å². The van der Waals surface area contributed by atoms with Crippen LogP contribution in [0.25, 0.3) is 0 Å². The van der Waals surface area contributed by atoms with Gasteiger partial charge in [-0.25, -0.2) is 4.79 Å². The Balaban J connectivity index is 2.19. The van der Waals surface area contributed by atoms with Crippen LogP contribution in [0.15, 0.2) is 18.2 Å². The first-order valence-corrected chi connectivity index (χ1v) is 5.41. The quantitative estimate of drug-likeness (QED) is 0.683. The van der Waals surface area contributed by atoms with E-state index in [0.717, 1.165) is 18.5 Å². The molecule has 0 heterocycles. The van der Waals surface area contributed by atoms with E-state index in [2.05, 4.69) is 12.2 Å². The highest BCUT2D eigenvalue weighted by Crippen LogP contribution is 2.36. The van der Waals surface area contributed by atoms with Crippen LogP contribution < -0.4 is 11.1 Å². The minimum absolute atomic E-state index is 0.124. The van der Waals surface area contributed by atoms with E-state index in [1.807, 2.05) is 0 Å². The maximum absolute atomic E-state index is 10.7. The second kappa shape index (κ2) is 3.70. The highest BCUT2D eigenvalue weighted by Gasteiger charge is 2.31. The van der Waals surface area contributed by atoms with Crippen LogP contribution in [0.2, 0.25) is 0 Å². The summed E-state index contributed by atoms with van der Waals surface area (Å²) in [6, 6.07) is 4.80. The molecule has 0 amide bonds. The fourth-order valence-corrected chi connectivity index (χ4v) is 1.97. The van der Waals surface area contributed by atoms with Crippen LogP contribution in [0, 0.1) is 0 Å². The van der Waals surface area contributed by atoms with Crippen molar-refractivity contribution < 1.29 is 9.90 Å². The van der Waals surface area contributed by atoms with Gasteiger partial charge < -0.3 is 16.2 Å². The van der Waals surface area contributed by atoms with E-state index in [4.69, 9.17) is 10.8 Å². The normalized spacial score (nSPS) is 17.6. The lowest BCUT2D eigenvalue weighted by Crippen LogP contribution is -2.41. The van der Waals surface area contributed by atoms with Crippen LogP contribution in [0.4, 0.5) is 11.4 Å². The molecule has 4 nitrogen and oxygen atoms in total. The first kappa shape index (κ1) is 10.8. The molecular formula is C12H16N2O2. The van der Waals surface area contributed by atoms with E-state index >= 15 is 0 Å². The van der Waals surface area contributed by atoms with Crippen LogP contribution in [-0.4, -0.2) is 16.6 Å². The van der Waals surface area contributed by atoms with Gasteiger partial charge in [0.15, 0.2) is 0 Å². The number of carboxylic acids is 1. The maximum atomic E-state index is 10.7. The Labute approximate surface area is 94.5 Å². The summed E-state index contributed by atoms with van der Waals surface area (Å²) in [4.78, 5) is 10.7. The van der Waals surface area contributed by atoms with Gasteiger partial charge in [0, 0.05) is 5.54 Å². The fourth-order valence-electron chi connectivity index (χ4n) is 1.97. The summed E-state index contributed by atoms with van der Waals surface area (Å²) < 4.78 is 0. The molecule has 1 aromatic carbocycles. The molecule has 86 valence electrons. The van der Waals surface area contributed by atoms with Gasteiger partial charge in [0.1, 0.15) is 0 Å². The van der Waals surface area contributed by atoms with Gasteiger partial charge in [-0.2, -0.15) is 0 Å². The van der Waals surface area contributed by atoms with E-state index in [0.29, 0.717) is 5.69 Å². The highest BCUT2D eigenvalue weighted by atomic mass is 16.4. The van der Waals surface area contributed by atoms with Crippen LogP contribution in [0.5, 0.6) is 0 Å². The lowest BCUT2D eigenvalue weighted by molar-refractivity contribution is 0.0697. The molecule has 1 saturated carbocycles. The molecule has 0 aromatic heterocycles. The summed E-state index contributed by atoms with van der Waals surface area (Å²) in [7, 11) is 0. The van der Waals surface area contributed by atoms with Gasteiger partial charge in [-0.3, -0.25) is 0 Å². The smallest absolute Gasteiger partial charge is 0.335 e. The third-order valence-corrected chi connectivity index (χ3v) is 3.19. The molecular weight excluding hydrogens is 204 g/mol. The van der Waals surface area contributed by atoms with Gasteiger partial charge in [0.05, 0.1) is 16.9 Å². The van der Waals surface area contributed by atoms with Gasteiger partial charge in [0.2, 0.25) is 0 Å². The number of carboxylic acid groups (broad SMARTS) is 1. The van der Waals surface area contributed by atoms with E-state index in [1.165, 1.54) is 12.5 Å². The molecule has 0 saturated heterocycles. The molecule has 1 fully saturated rings. The molecule has 0 unspecified atom stereocenters. The summed E-state index contributed by atoms with van der Waals surface area (Å²) in [5.41, 5.74) is 7.49. The van der Waals surface area contributed by atoms with E-state index in [9.17, 15) is 4.79 Å². The van der Waals surface area contributed by atoms with Gasteiger partial charge >= 0.3 is 5.97 Å². The predicted molar refractivity (Wildman–Crippen MR) is 63.7 cm³/mol. The van der Waals surface area contributed by atoms with Crippen molar-refractivity contribution in [2.45, 2.75) is 31.7 Å². The van der Waals surface area contributed by atoms with Crippen molar-refractivity contribution in [1.82, 2.24) is 0 Å². The summed E-state index contributed by atoms with van der Waals surface area (Å²) in [5, 5.41) is 12.2. The fraction of sp³-hybridized carbons (Fsp3) is 0.417. The summed E-state index contributed by atoms with van der Waals surface area (Å²) in [6.45, 7) is 2.15. The number of carbonyl (C=O) groups is 1. The Kier molecular flexibility index (Phi) is 2.50. The Bertz CT molecular complexity index is 425. The summed E-state index contributed by atoms with van der Waals surface area (Å²) in [6.07, 6.45) is 3.50. The minimum Gasteiger partial charge on any atom is -0.478 e. The van der Waals surface area contributed by atoms with E-state index < -0.39 is 5.97 Å². The first-order chi connectivity index (χ1) is 7.50. The van der Waals surface area contributed by atoms with Crippen molar-refractivity contribution in [1.29, 1.82) is 0 Å². The summed E-state index contributed by atoms with van der Waals surface area (Å²) >= 11 is 0. The number of aromatic carboxylic acids is 1. The first-order valence-electron chi connectivity index (χ1n) is 5.41. The largest absolute Gasteiger partial charge is 0.478 e. The van der Waals surface area contributed by atoms with Gasteiger partial charge in [-0.05, 0) is 44.4 Å². The van der Waals surface area contributed by atoms with Crippen molar-refractivity contribution in [3.05, 3.63) is 23.8 Å². The number of nitrogens with one attached hydrogen (secondary N) is 1. The lowest BCUT2D eigenvalue weighted by atomic mass is 9.78. The number of nitrogen functional groups attached to an aromatic ring is 1. The van der Waals surface area contributed by atoms with Gasteiger partial charge in [-0.15, -0.1) is 0 Å². The van der Waals surface area contributed by atoms with E-state index in [1.54, 1.807) is 12.1 Å². The summed E-state index contributed by atoms with van der Waals surface area (Å²) in [5.74, 6) is -0.951. The number of hydrogen-bond donors (Lipinski definition) is 3. The molecule has 16 heavy (non-hydrogen) atoms. The maximum Gasteiger partial charge on any atom is 0.335 e.